The number of nitrogens with zero attached hydrogens (tertiary/aromatic N) is 3. The number of hydrogen-bond acceptors (Lipinski definition) is 4. The van der Waals surface area contributed by atoms with Crippen LogP contribution in [0.5, 0.6) is 0 Å². The molecule has 0 aliphatic heterocycles. The number of fused-ring (bicyclic) bond motifs is 1. The van der Waals surface area contributed by atoms with Crippen LogP contribution in [0.1, 0.15) is 5.69 Å². The fourth-order valence-electron chi connectivity index (χ4n) is 1.40. The summed E-state index contributed by atoms with van der Waals surface area (Å²) in [5, 5.41) is 20.7. The zero-order valence-electron chi connectivity index (χ0n) is 7.85. The van der Waals surface area contributed by atoms with E-state index in [1.54, 1.807) is 0 Å². The van der Waals surface area contributed by atoms with Crippen LogP contribution < -0.4 is 0 Å². The lowest BCUT2D eigenvalue weighted by Gasteiger charge is -2.01. The third-order valence-corrected chi connectivity index (χ3v) is 2.77. The summed E-state index contributed by atoms with van der Waals surface area (Å²) in [7, 11) is 0. The first-order valence-electron chi connectivity index (χ1n) is 4.26. The molecule has 6 heteroatoms. The van der Waals surface area contributed by atoms with Crippen LogP contribution >= 0.6 is 15.9 Å². The third kappa shape index (κ3) is 1.61. The Bertz CT molecular complexity index is 634. The van der Waals surface area contributed by atoms with E-state index in [-0.39, 0.29) is 11.4 Å². The Morgan fingerprint density at radius 1 is 1.44 bits per heavy atom. The molecule has 0 aliphatic rings. The number of hydrogen-bond donors (Lipinski definition) is 0. The first-order valence-corrected chi connectivity index (χ1v) is 5.05. The quantitative estimate of drug-likeness (QED) is 0.593. The molecule has 1 heterocycles. The molecule has 0 radical (unpaired) electrons. The predicted molar refractivity (Wildman–Crippen MR) is 60.8 cm³/mol. The normalized spacial score (nSPS) is 10.0. The van der Waals surface area contributed by atoms with Gasteiger partial charge in [0.1, 0.15) is 11.8 Å². The molecule has 0 fully saturated rings. The lowest BCUT2D eigenvalue weighted by molar-refractivity contribution is -0.384. The SMILES string of the molecule is N#Cc1ncc(Br)c2cc([N+](=O)[O-])ccc12. The minimum absolute atomic E-state index is 0.0108. The summed E-state index contributed by atoms with van der Waals surface area (Å²) < 4.78 is 0.630. The van der Waals surface area contributed by atoms with Gasteiger partial charge in [-0.3, -0.25) is 10.1 Å². The van der Waals surface area contributed by atoms with Gasteiger partial charge < -0.3 is 0 Å². The smallest absolute Gasteiger partial charge is 0.258 e. The molecule has 0 atom stereocenters. The third-order valence-electron chi connectivity index (χ3n) is 2.14. The molecule has 16 heavy (non-hydrogen) atoms. The molecule has 0 aliphatic carbocycles. The van der Waals surface area contributed by atoms with Gasteiger partial charge in [0, 0.05) is 33.6 Å². The van der Waals surface area contributed by atoms with E-state index in [0.717, 1.165) is 0 Å². The van der Waals surface area contributed by atoms with E-state index in [0.29, 0.717) is 15.2 Å². The topological polar surface area (TPSA) is 79.8 Å². The molecule has 2 aromatic rings. The molecule has 1 aromatic carbocycles. The second kappa shape index (κ2) is 3.87. The molecule has 0 saturated carbocycles. The molecule has 0 amide bonds. The minimum Gasteiger partial charge on any atom is -0.258 e. The molecule has 1 aromatic heterocycles. The first-order chi connectivity index (χ1) is 7.63. The summed E-state index contributed by atoms with van der Waals surface area (Å²) >= 11 is 3.25. The maximum atomic E-state index is 10.6. The van der Waals surface area contributed by atoms with Crippen LogP contribution in [0, 0.1) is 21.4 Å². The number of aromatic nitrogens is 1. The summed E-state index contributed by atoms with van der Waals surface area (Å²) in [5.41, 5.74) is 0.247. The number of pyridine rings is 1. The van der Waals surface area contributed by atoms with Crippen LogP contribution in [0.15, 0.2) is 28.9 Å². The summed E-state index contributed by atoms with van der Waals surface area (Å²) in [6.45, 7) is 0. The summed E-state index contributed by atoms with van der Waals surface area (Å²) in [6.07, 6.45) is 1.46. The number of rotatable bonds is 1. The van der Waals surface area contributed by atoms with Crippen molar-refractivity contribution in [1.82, 2.24) is 4.98 Å². The fourth-order valence-corrected chi connectivity index (χ4v) is 1.83. The van der Waals surface area contributed by atoms with E-state index in [1.807, 2.05) is 6.07 Å². The van der Waals surface area contributed by atoms with Gasteiger partial charge in [-0.25, -0.2) is 4.98 Å². The van der Waals surface area contributed by atoms with E-state index in [4.69, 9.17) is 5.26 Å². The predicted octanol–water partition coefficient (Wildman–Crippen LogP) is 2.78. The Hall–Kier alpha value is -2.00. The highest BCUT2D eigenvalue weighted by Crippen LogP contribution is 2.28. The van der Waals surface area contributed by atoms with Gasteiger partial charge in [-0.2, -0.15) is 5.26 Å². The highest BCUT2D eigenvalue weighted by Gasteiger charge is 2.11. The number of benzene rings is 1. The lowest BCUT2D eigenvalue weighted by atomic mass is 10.1. The molecule has 78 valence electrons. The van der Waals surface area contributed by atoms with Gasteiger partial charge in [0.15, 0.2) is 0 Å². The highest BCUT2D eigenvalue weighted by atomic mass is 79.9. The Morgan fingerprint density at radius 3 is 2.81 bits per heavy atom. The van der Waals surface area contributed by atoms with Gasteiger partial charge in [0.25, 0.3) is 5.69 Å². The first kappa shape index (κ1) is 10.5. The van der Waals surface area contributed by atoms with Crippen LogP contribution in [0.25, 0.3) is 10.8 Å². The highest BCUT2D eigenvalue weighted by molar-refractivity contribution is 9.10. The van der Waals surface area contributed by atoms with Crippen molar-refractivity contribution < 1.29 is 4.92 Å². The fraction of sp³-hybridized carbons (Fsp3) is 0. The van der Waals surface area contributed by atoms with Crippen molar-refractivity contribution in [3.05, 3.63) is 44.7 Å². The Labute approximate surface area is 98.6 Å². The van der Waals surface area contributed by atoms with Crippen LogP contribution in [-0.2, 0) is 0 Å². The van der Waals surface area contributed by atoms with E-state index in [9.17, 15) is 10.1 Å². The van der Waals surface area contributed by atoms with E-state index in [1.165, 1.54) is 24.4 Å². The van der Waals surface area contributed by atoms with E-state index >= 15 is 0 Å². The van der Waals surface area contributed by atoms with E-state index < -0.39 is 4.92 Å². The van der Waals surface area contributed by atoms with Crippen molar-refractivity contribution in [3.8, 4) is 6.07 Å². The summed E-state index contributed by atoms with van der Waals surface area (Å²) in [6, 6.07) is 6.25. The van der Waals surface area contributed by atoms with Gasteiger partial charge in [-0.15, -0.1) is 0 Å². The monoisotopic (exact) mass is 277 g/mol. The molecule has 0 saturated heterocycles. The maximum absolute atomic E-state index is 10.6. The number of halogens is 1. The number of nitro benzene ring substituents is 1. The standard InChI is InChI=1S/C10H4BrN3O2/c11-9-5-13-10(4-12)7-2-1-6(14(15)16)3-8(7)9/h1-3,5H. The average molecular weight is 278 g/mol. The molecular formula is C10H4BrN3O2. The van der Waals surface area contributed by atoms with Gasteiger partial charge in [0.2, 0.25) is 0 Å². The molecule has 2 rings (SSSR count). The second-order valence-corrected chi connectivity index (χ2v) is 3.91. The van der Waals surface area contributed by atoms with Crippen molar-refractivity contribution in [2.75, 3.05) is 0 Å². The van der Waals surface area contributed by atoms with Crippen LogP contribution in [-0.4, -0.2) is 9.91 Å². The zero-order chi connectivity index (χ0) is 11.7. The zero-order valence-corrected chi connectivity index (χ0v) is 9.43. The van der Waals surface area contributed by atoms with Crippen molar-refractivity contribution in [3.63, 3.8) is 0 Å². The summed E-state index contributed by atoms with van der Waals surface area (Å²) in [5.74, 6) is 0. The van der Waals surface area contributed by atoms with Gasteiger partial charge >= 0.3 is 0 Å². The number of nitro groups is 1. The van der Waals surface area contributed by atoms with Gasteiger partial charge in [-0.1, -0.05) is 0 Å². The van der Waals surface area contributed by atoms with Gasteiger partial charge in [0.05, 0.1) is 4.92 Å². The van der Waals surface area contributed by atoms with Crippen molar-refractivity contribution in [2.45, 2.75) is 0 Å². The largest absolute Gasteiger partial charge is 0.270 e. The Balaban J connectivity index is 2.84. The van der Waals surface area contributed by atoms with E-state index in [2.05, 4.69) is 20.9 Å². The van der Waals surface area contributed by atoms with Gasteiger partial charge in [-0.05, 0) is 22.0 Å². The van der Waals surface area contributed by atoms with Crippen LogP contribution in [0.4, 0.5) is 5.69 Å². The maximum Gasteiger partial charge on any atom is 0.270 e. The minimum atomic E-state index is -0.474. The van der Waals surface area contributed by atoms with Crippen molar-refractivity contribution in [2.24, 2.45) is 0 Å². The second-order valence-electron chi connectivity index (χ2n) is 3.05. The summed E-state index contributed by atoms with van der Waals surface area (Å²) in [4.78, 5) is 14.1. The molecule has 5 nitrogen and oxygen atoms in total. The van der Waals surface area contributed by atoms with Crippen LogP contribution in [0.3, 0.4) is 0 Å². The molecule has 0 unspecified atom stereocenters. The Kier molecular flexibility index (Phi) is 2.54. The number of nitriles is 1. The Morgan fingerprint density at radius 2 is 2.19 bits per heavy atom. The molecular weight excluding hydrogens is 274 g/mol. The van der Waals surface area contributed by atoms with Crippen molar-refractivity contribution >= 4 is 32.4 Å². The lowest BCUT2D eigenvalue weighted by Crippen LogP contribution is -1.90. The number of non-ortho nitro benzene ring substituents is 1. The van der Waals surface area contributed by atoms with Crippen molar-refractivity contribution in [1.29, 1.82) is 5.26 Å². The molecule has 0 spiro atoms. The average Bonchev–Trinajstić information content (AvgIpc) is 2.29. The molecule has 0 bridgehead atoms. The van der Waals surface area contributed by atoms with Crippen LogP contribution in [0.2, 0.25) is 0 Å². The molecule has 0 N–H and O–H groups in total.